The molecule has 2 saturated heterocycles. The number of rotatable bonds is 7. The predicted molar refractivity (Wildman–Crippen MR) is 150 cm³/mol. The van der Waals surface area contributed by atoms with Crippen molar-refractivity contribution in [2.24, 2.45) is 16.8 Å². The molecule has 0 saturated carbocycles. The molecule has 208 valence electrons. The summed E-state index contributed by atoms with van der Waals surface area (Å²) in [4.78, 5) is 6.02. The molecule has 0 spiro atoms. The third-order valence-electron chi connectivity index (χ3n) is 7.25. The van der Waals surface area contributed by atoms with E-state index in [2.05, 4.69) is 21.5 Å². The number of nitrogens with one attached hydrogen (secondary N) is 1. The summed E-state index contributed by atoms with van der Waals surface area (Å²) in [6, 6.07) is 10.8. The van der Waals surface area contributed by atoms with Crippen LogP contribution in [0.1, 0.15) is 36.8 Å². The molecular formula is C27H31F4N7S. The lowest BCUT2D eigenvalue weighted by atomic mass is 9.92. The van der Waals surface area contributed by atoms with Crippen LogP contribution in [-0.4, -0.2) is 50.6 Å². The number of hydrogen-bond acceptors (Lipinski definition) is 6. The molecule has 0 aliphatic carbocycles. The first kappa shape index (κ1) is 28.4. The van der Waals surface area contributed by atoms with Crippen molar-refractivity contribution >= 4 is 40.6 Å². The van der Waals surface area contributed by atoms with Gasteiger partial charge in [0.25, 0.3) is 0 Å². The van der Waals surface area contributed by atoms with Gasteiger partial charge in [-0.1, -0.05) is 6.07 Å². The number of nitrogens with two attached hydrogens (primary N) is 1. The Kier molecular flexibility index (Phi) is 9.12. The Morgan fingerprint density at radius 1 is 1.05 bits per heavy atom. The molecule has 2 aromatic carbocycles. The molecule has 0 atom stereocenters. The van der Waals surface area contributed by atoms with Crippen LogP contribution in [0.25, 0.3) is 0 Å². The van der Waals surface area contributed by atoms with Crippen LogP contribution < -0.4 is 25.9 Å². The summed E-state index contributed by atoms with van der Waals surface area (Å²) >= 11 is 4.80. The summed E-state index contributed by atoms with van der Waals surface area (Å²) in [7, 11) is 0. The maximum Gasteiger partial charge on any atom is 0.416 e. The molecule has 4 rings (SSSR count). The number of nitrogens with zero attached hydrogens (tertiary/aromatic N) is 5. The first-order valence-corrected chi connectivity index (χ1v) is 13.3. The Balaban J connectivity index is 1.52. The monoisotopic (exact) mass is 561 g/mol. The second-order valence-electron chi connectivity index (χ2n) is 9.75. The summed E-state index contributed by atoms with van der Waals surface area (Å²) in [5.74, 6) is 0.0742. The second kappa shape index (κ2) is 12.5. The minimum atomic E-state index is -4.41. The number of hydrazone groups is 1. The van der Waals surface area contributed by atoms with Crippen molar-refractivity contribution < 1.29 is 17.6 Å². The van der Waals surface area contributed by atoms with E-state index in [0.29, 0.717) is 55.5 Å². The van der Waals surface area contributed by atoms with Crippen molar-refractivity contribution in [3.05, 3.63) is 53.3 Å². The smallest absolute Gasteiger partial charge is 0.375 e. The number of nitriles is 1. The summed E-state index contributed by atoms with van der Waals surface area (Å²) in [6.45, 7) is 3.38. The fourth-order valence-corrected chi connectivity index (χ4v) is 5.22. The van der Waals surface area contributed by atoms with E-state index in [1.165, 1.54) is 18.3 Å². The van der Waals surface area contributed by atoms with Gasteiger partial charge in [0.15, 0.2) is 5.11 Å². The van der Waals surface area contributed by atoms with E-state index in [0.717, 1.165) is 50.2 Å². The van der Waals surface area contributed by atoms with Gasteiger partial charge in [-0.2, -0.15) is 23.5 Å². The van der Waals surface area contributed by atoms with E-state index < -0.39 is 17.6 Å². The highest BCUT2D eigenvalue weighted by Gasteiger charge is 2.31. The van der Waals surface area contributed by atoms with Crippen LogP contribution in [0.15, 0.2) is 41.5 Å². The van der Waals surface area contributed by atoms with E-state index in [4.69, 9.17) is 23.2 Å². The van der Waals surface area contributed by atoms with E-state index in [-0.39, 0.29) is 5.11 Å². The van der Waals surface area contributed by atoms with Crippen LogP contribution in [0.3, 0.4) is 0 Å². The van der Waals surface area contributed by atoms with Crippen molar-refractivity contribution in [2.75, 3.05) is 54.0 Å². The Bertz CT molecular complexity index is 1230. The standard InChI is InChI=1S/C27H31F4N7S/c28-23-15-20(18-34-35-26(33)39)24(37-9-6-19(7-10-37)3-2-8-32)17-25(23)38-13-11-36(12-14-38)22-5-1-4-21(16-22)27(29,30)31/h1,4-5,15-19H,2-3,6-7,9-14H2,(H3,33,35,39)/b34-18+. The minimum Gasteiger partial charge on any atom is -0.375 e. The van der Waals surface area contributed by atoms with Gasteiger partial charge >= 0.3 is 6.18 Å². The lowest BCUT2D eigenvalue weighted by Crippen LogP contribution is -2.47. The zero-order valence-electron chi connectivity index (χ0n) is 21.4. The van der Waals surface area contributed by atoms with Crippen LogP contribution in [0.5, 0.6) is 0 Å². The quantitative estimate of drug-likeness (QED) is 0.216. The molecule has 2 fully saturated rings. The van der Waals surface area contributed by atoms with Gasteiger partial charge in [-0.05, 0) is 67.7 Å². The van der Waals surface area contributed by atoms with Crippen molar-refractivity contribution in [1.82, 2.24) is 5.43 Å². The molecule has 39 heavy (non-hydrogen) atoms. The molecular weight excluding hydrogens is 530 g/mol. The summed E-state index contributed by atoms with van der Waals surface area (Å²) < 4.78 is 54.9. The molecule has 0 aromatic heterocycles. The number of anilines is 3. The number of piperidine rings is 1. The molecule has 7 nitrogen and oxygen atoms in total. The number of hydrogen-bond donors (Lipinski definition) is 2. The van der Waals surface area contributed by atoms with E-state index in [1.54, 1.807) is 6.07 Å². The average molecular weight is 562 g/mol. The first-order valence-electron chi connectivity index (χ1n) is 12.9. The second-order valence-corrected chi connectivity index (χ2v) is 10.2. The molecule has 3 N–H and O–H groups in total. The Hall–Kier alpha value is -3.59. The van der Waals surface area contributed by atoms with Gasteiger partial charge in [0.05, 0.1) is 23.5 Å². The van der Waals surface area contributed by atoms with Crippen molar-refractivity contribution in [2.45, 2.75) is 31.9 Å². The maximum atomic E-state index is 15.4. The van der Waals surface area contributed by atoms with Gasteiger partial charge < -0.3 is 20.4 Å². The summed E-state index contributed by atoms with van der Waals surface area (Å²) in [6.07, 6.45) is 0.380. The molecule has 0 amide bonds. The van der Waals surface area contributed by atoms with Gasteiger partial charge in [-0.3, -0.25) is 5.43 Å². The minimum absolute atomic E-state index is 0.00170. The average Bonchev–Trinajstić information content (AvgIpc) is 2.92. The number of piperazine rings is 1. The maximum absolute atomic E-state index is 15.4. The Morgan fingerprint density at radius 3 is 2.36 bits per heavy atom. The van der Waals surface area contributed by atoms with E-state index >= 15 is 4.39 Å². The molecule has 0 bridgehead atoms. The fourth-order valence-electron chi connectivity index (χ4n) is 5.17. The highest BCUT2D eigenvalue weighted by Crippen LogP contribution is 2.35. The molecule has 0 radical (unpaired) electrons. The zero-order valence-corrected chi connectivity index (χ0v) is 22.2. The fraction of sp³-hybridized carbons (Fsp3) is 0.444. The van der Waals surface area contributed by atoms with Crippen LogP contribution >= 0.6 is 12.2 Å². The SMILES string of the molecule is N#CCCC1CCN(c2cc(N3CCN(c4cccc(C(F)(F)F)c4)CC3)c(F)cc2/C=N/NC(N)=S)CC1. The first-order chi connectivity index (χ1) is 18.7. The molecule has 12 heteroatoms. The van der Waals surface area contributed by atoms with Gasteiger partial charge in [0.1, 0.15) is 5.82 Å². The van der Waals surface area contributed by atoms with Crippen LogP contribution in [-0.2, 0) is 6.18 Å². The molecule has 2 aromatic rings. The lowest BCUT2D eigenvalue weighted by Gasteiger charge is -2.39. The lowest BCUT2D eigenvalue weighted by molar-refractivity contribution is -0.137. The summed E-state index contributed by atoms with van der Waals surface area (Å²) in [5.41, 5.74) is 9.64. The third kappa shape index (κ3) is 7.29. The van der Waals surface area contributed by atoms with Crippen LogP contribution in [0.4, 0.5) is 34.6 Å². The largest absolute Gasteiger partial charge is 0.416 e. The number of alkyl halides is 3. The topological polar surface area (TPSA) is 83.9 Å². The van der Waals surface area contributed by atoms with Gasteiger partial charge in [-0.15, -0.1) is 0 Å². The number of thiocarbonyl (C=S) groups is 1. The third-order valence-corrected chi connectivity index (χ3v) is 7.34. The molecule has 2 aliphatic rings. The van der Waals surface area contributed by atoms with Crippen LogP contribution in [0.2, 0.25) is 0 Å². The van der Waals surface area contributed by atoms with Gasteiger partial charge in [-0.25, -0.2) is 4.39 Å². The number of halogens is 4. The Labute approximate surface area is 230 Å². The number of benzene rings is 2. The summed E-state index contributed by atoms with van der Waals surface area (Å²) in [5, 5.41) is 12.9. The molecule has 2 heterocycles. The van der Waals surface area contributed by atoms with Crippen LogP contribution in [0, 0.1) is 23.1 Å². The van der Waals surface area contributed by atoms with E-state index in [9.17, 15) is 13.2 Å². The van der Waals surface area contributed by atoms with E-state index in [1.807, 2.05) is 15.9 Å². The van der Waals surface area contributed by atoms with Crippen molar-refractivity contribution in [1.29, 1.82) is 5.26 Å². The predicted octanol–water partition coefficient (Wildman–Crippen LogP) is 4.86. The normalized spacial score (nSPS) is 16.9. The van der Waals surface area contributed by atoms with Crippen molar-refractivity contribution in [3.63, 3.8) is 0 Å². The highest BCUT2D eigenvalue weighted by molar-refractivity contribution is 7.80. The van der Waals surface area contributed by atoms with Crippen molar-refractivity contribution in [3.8, 4) is 6.07 Å². The molecule has 2 aliphatic heterocycles. The zero-order chi connectivity index (χ0) is 28.0. The Morgan fingerprint density at radius 2 is 1.72 bits per heavy atom. The van der Waals surface area contributed by atoms with Gasteiger partial charge in [0.2, 0.25) is 0 Å². The van der Waals surface area contributed by atoms with Gasteiger partial charge in [0, 0.05) is 62.6 Å². The molecule has 0 unspecified atom stereocenters. The highest BCUT2D eigenvalue weighted by atomic mass is 32.1.